The number of aromatic nitrogens is 2. The van der Waals surface area contributed by atoms with E-state index in [1.54, 1.807) is 0 Å². The van der Waals surface area contributed by atoms with Crippen LogP contribution in [0.25, 0.3) is 87.3 Å². The Morgan fingerprint density at radius 2 is 1.05 bits per heavy atom. The van der Waals surface area contributed by atoms with Crippen LogP contribution in [0.5, 0.6) is 0 Å². The van der Waals surface area contributed by atoms with Crippen molar-refractivity contribution in [3.8, 4) is 11.4 Å². The molecule has 0 fully saturated rings. The summed E-state index contributed by atoms with van der Waals surface area (Å²) in [6, 6.07) is 77.5. The average Bonchev–Trinajstić information content (AvgIpc) is 3.86. The molecule has 0 amide bonds. The van der Waals surface area contributed by atoms with Gasteiger partial charge >= 0.3 is 0 Å². The Bertz CT molecular complexity index is 3900. The van der Waals surface area contributed by atoms with E-state index in [9.17, 15) is 0 Å². The highest BCUT2D eigenvalue weighted by atomic mass is 15.0. The Kier molecular flexibility index (Phi) is 8.67. The Hall–Kier alpha value is -8.08. The van der Waals surface area contributed by atoms with Gasteiger partial charge in [-0.15, -0.1) is 0 Å². The smallest absolute Gasteiger partial charge is 0.156 e. The SMILES string of the molecule is C[C@@H]1CCC(c2ccccc2)=NC(c2ccc(-n3c4ccccc4c4cc5c6ccc7ccccc7c6n(-c6cccc7ccccc67)c5cc43)c3ccccc23)=NC1c1ccccc1. The minimum Gasteiger partial charge on any atom is -0.309 e. The number of nitrogens with zero attached hydrogens (tertiary/aromatic N) is 4. The maximum Gasteiger partial charge on any atom is 0.156 e. The number of fused-ring (bicyclic) bond motifs is 10. The number of para-hydroxylation sites is 1. The van der Waals surface area contributed by atoms with Crippen molar-refractivity contribution in [1.29, 1.82) is 0 Å². The summed E-state index contributed by atoms with van der Waals surface area (Å²) in [5.41, 5.74) is 11.5. The molecule has 1 aliphatic heterocycles. The number of hydrogen-bond donors (Lipinski definition) is 0. The molecule has 1 unspecified atom stereocenters. The molecule has 0 saturated carbocycles. The van der Waals surface area contributed by atoms with Crippen LogP contribution in [-0.4, -0.2) is 20.7 Å². The molecular weight excluding hydrogens is 789 g/mol. The van der Waals surface area contributed by atoms with Crippen LogP contribution in [0, 0.1) is 5.92 Å². The Labute approximate surface area is 377 Å². The largest absolute Gasteiger partial charge is 0.309 e. The number of aliphatic imine (C=N–C) groups is 2. The molecule has 65 heavy (non-hydrogen) atoms. The molecule has 4 nitrogen and oxygen atoms in total. The highest BCUT2D eigenvalue weighted by Crippen LogP contribution is 2.44. The monoisotopic (exact) mass is 832 g/mol. The van der Waals surface area contributed by atoms with Crippen LogP contribution in [-0.2, 0) is 0 Å². The van der Waals surface area contributed by atoms with Crippen LogP contribution in [0.4, 0.5) is 0 Å². The zero-order chi connectivity index (χ0) is 43.0. The number of benzene rings is 10. The van der Waals surface area contributed by atoms with Crippen molar-refractivity contribution >= 4 is 87.5 Å². The summed E-state index contributed by atoms with van der Waals surface area (Å²) in [5.74, 6) is 1.10. The fourth-order valence-electron chi connectivity index (χ4n) is 10.8. The zero-order valence-corrected chi connectivity index (χ0v) is 36.1. The van der Waals surface area contributed by atoms with E-state index in [0.29, 0.717) is 5.92 Å². The first-order chi connectivity index (χ1) is 32.2. The molecule has 1 aliphatic rings. The van der Waals surface area contributed by atoms with Crippen molar-refractivity contribution in [1.82, 2.24) is 9.13 Å². The van der Waals surface area contributed by atoms with Crippen LogP contribution in [0.3, 0.4) is 0 Å². The number of amidine groups is 1. The lowest BCUT2D eigenvalue weighted by Gasteiger charge is -2.25. The van der Waals surface area contributed by atoms with Crippen molar-refractivity contribution in [3.63, 3.8) is 0 Å². The summed E-state index contributed by atoms with van der Waals surface area (Å²) in [6.07, 6.45) is 1.88. The van der Waals surface area contributed by atoms with Gasteiger partial charge in [-0.3, -0.25) is 4.99 Å². The van der Waals surface area contributed by atoms with Crippen molar-refractivity contribution < 1.29 is 0 Å². The quantitative estimate of drug-likeness (QED) is 0.166. The van der Waals surface area contributed by atoms with Crippen molar-refractivity contribution in [2.24, 2.45) is 15.9 Å². The Balaban J connectivity index is 1.10. The second-order valence-corrected chi connectivity index (χ2v) is 17.7. The van der Waals surface area contributed by atoms with Crippen LogP contribution in [0.2, 0.25) is 0 Å². The minimum atomic E-state index is -0.0175. The molecule has 0 bridgehead atoms. The molecule has 0 spiro atoms. The third kappa shape index (κ3) is 5.98. The molecule has 0 aliphatic carbocycles. The minimum absolute atomic E-state index is 0.0175. The van der Waals surface area contributed by atoms with Crippen LogP contribution >= 0.6 is 0 Å². The predicted molar refractivity (Wildman–Crippen MR) is 275 cm³/mol. The highest BCUT2D eigenvalue weighted by Gasteiger charge is 2.26. The van der Waals surface area contributed by atoms with Crippen LogP contribution < -0.4 is 0 Å². The van der Waals surface area contributed by atoms with Crippen LogP contribution in [0.1, 0.15) is 42.5 Å². The van der Waals surface area contributed by atoms with Gasteiger partial charge < -0.3 is 9.13 Å². The average molecular weight is 833 g/mol. The van der Waals surface area contributed by atoms with Gasteiger partial charge in [-0.1, -0.05) is 183 Å². The van der Waals surface area contributed by atoms with E-state index in [2.05, 4.69) is 228 Å². The number of hydrogen-bond acceptors (Lipinski definition) is 2. The third-order valence-corrected chi connectivity index (χ3v) is 14.0. The molecule has 4 heteroatoms. The molecule has 10 aromatic carbocycles. The van der Waals surface area contributed by atoms with Gasteiger partial charge in [0.15, 0.2) is 5.84 Å². The fourth-order valence-corrected chi connectivity index (χ4v) is 10.8. The second-order valence-electron chi connectivity index (χ2n) is 17.7. The first-order valence-corrected chi connectivity index (χ1v) is 22.8. The second kappa shape index (κ2) is 15.0. The summed E-state index contributed by atoms with van der Waals surface area (Å²) < 4.78 is 5.02. The summed E-state index contributed by atoms with van der Waals surface area (Å²) in [4.78, 5) is 11.2. The summed E-state index contributed by atoms with van der Waals surface area (Å²) in [6.45, 7) is 2.34. The molecule has 3 heterocycles. The van der Waals surface area contributed by atoms with Gasteiger partial charge in [0.1, 0.15) is 0 Å². The van der Waals surface area contributed by atoms with Crippen molar-refractivity contribution in [2.45, 2.75) is 25.8 Å². The molecule has 0 N–H and O–H groups in total. The van der Waals surface area contributed by atoms with E-state index in [4.69, 9.17) is 9.98 Å². The fraction of sp³-hybridized carbons (Fsp3) is 0.0820. The van der Waals surface area contributed by atoms with Gasteiger partial charge in [-0.05, 0) is 82.4 Å². The topological polar surface area (TPSA) is 34.6 Å². The molecule has 0 radical (unpaired) electrons. The Morgan fingerprint density at radius 1 is 0.431 bits per heavy atom. The zero-order valence-electron chi connectivity index (χ0n) is 36.1. The first-order valence-electron chi connectivity index (χ1n) is 22.8. The maximum atomic E-state index is 5.63. The van der Waals surface area contributed by atoms with E-state index >= 15 is 0 Å². The van der Waals surface area contributed by atoms with Gasteiger partial charge in [0.25, 0.3) is 0 Å². The van der Waals surface area contributed by atoms with Crippen molar-refractivity contribution in [3.05, 3.63) is 229 Å². The molecule has 12 aromatic rings. The Morgan fingerprint density at radius 3 is 1.86 bits per heavy atom. The normalized spacial score (nSPS) is 15.8. The molecule has 2 aromatic heterocycles. The number of rotatable bonds is 5. The molecular formula is C61H44N4. The van der Waals surface area contributed by atoms with Gasteiger partial charge in [0, 0.05) is 43.3 Å². The van der Waals surface area contributed by atoms with Gasteiger partial charge in [0.2, 0.25) is 0 Å². The van der Waals surface area contributed by atoms with E-state index in [1.807, 2.05) is 0 Å². The summed E-state index contributed by atoms with van der Waals surface area (Å²) in [7, 11) is 0. The molecule has 0 saturated heterocycles. The standard InChI is InChI=1S/C61H44N4/c1-39-31-35-53(42-19-4-2-5-20-42)62-61(63-59(39)43-21-6-3-7-22-43)50-34-36-56(47-27-13-12-26-46(47)50)64-55-29-15-14-28-48(55)51-37-52-49-33-32-41-18-9-11-25-45(41)60(49)65(58(52)38-57(51)64)54-30-16-23-40-17-8-10-24-44(40)54/h2-30,32-34,36-39,59H,31,35H2,1H3/t39-,59?/m1/s1. The molecule has 308 valence electrons. The van der Waals surface area contributed by atoms with Gasteiger partial charge in [-0.2, -0.15) is 0 Å². The maximum absolute atomic E-state index is 5.63. The van der Waals surface area contributed by atoms with E-state index < -0.39 is 0 Å². The van der Waals surface area contributed by atoms with E-state index in [1.165, 1.54) is 70.9 Å². The predicted octanol–water partition coefficient (Wildman–Crippen LogP) is 15.7. The third-order valence-electron chi connectivity index (χ3n) is 14.0. The van der Waals surface area contributed by atoms with Crippen LogP contribution in [0.15, 0.2) is 222 Å². The first kappa shape index (κ1) is 37.5. The van der Waals surface area contributed by atoms with Gasteiger partial charge in [0.05, 0.1) is 45.2 Å². The lowest BCUT2D eigenvalue weighted by atomic mass is 9.88. The van der Waals surface area contributed by atoms with E-state index in [0.717, 1.165) is 57.5 Å². The van der Waals surface area contributed by atoms with Crippen molar-refractivity contribution in [2.75, 3.05) is 0 Å². The molecule has 13 rings (SSSR count). The summed E-state index contributed by atoms with van der Waals surface area (Å²) >= 11 is 0. The van der Waals surface area contributed by atoms with E-state index in [-0.39, 0.29) is 6.04 Å². The summed E-state index contributed by atoms with van der Waals surface area (Å²) in [5, 5.41) is 12.1. The molecule has 2 atom stereocenters. The van der Waals surface area contributed by atoms with Gasteiger partial charge in [-0.25, -0.2) is 4.99 Å². The lowest BCUT2D eigenvalue weighted by Crippen LogP contribution is -2.18. The lowest BCUT2D eigenvalue weighted by molar-refractivity contribution is 0.446. The highest BCUT2D eigenvalue weighted by molar-refractivity contribution is 6.24.